The third-order valence-electron chi connectivity index (χ3n) is 2.13. The summed E-state index contributed by atoms with van der Waals surface area (Å²) in [5.41, 5.74) is 0.273. The molecule has 68 valence electrons. The smallest absolute Gasteiger partial charge is 0.166 e. The number of Topliss-reactive ketones (excluding diaryl/α,β-unsaturated/α-hetero) is 1. The predicted molar refractivity (Wildman–Crippen MR) is 40.3 cm³/mol. The Bertz CT molecular complexity index is 387. The number of hydrogen-bond acceptors (Lipinski definition) is 2. The number of benzene rings is 1. The number of halogens is 2. The summed E-state index contributed by atoms with van der Waals surface area (Å²) in [7, 11) is 0. The van der Waals surface area contributed by atoms with Gasteiger partial charge in [-0.25, -0.2) is 8.78 Å². The van der Waals surface area contributed by atoms with Crippen LogP contribution in [0.1, 0.15) is 28.4 Å². The van der Waals surface area contributed by atoms with Crippen molar-refractivity contribution in [3.63, 3.8) is 0 Å². The minimum absolute atomic E-state index is 0.0851. The molecule has 0 spiro atoms. The summed E-state index contributed by atoms with van der Waals surface area (Å²) < 4.78 is 25.3. The lowest BCUT2D eigenvalue weighted by Crippen LogP contribution is -1.95. The van der Waals surface area contributed by atoms with Crippen LogP contribution in [0.4, 0.5) is 8.78 Å². The molecule has 0 radical (unpaired) electrons. The van der Waals surface area contributed by atoms with Crippen molar-refractivity contribution in [1.82, 2.24) is 0 Å². The average Bonchev–Trinajstić information content (AvgIpc) is 2.31. The Balaban J connectivity index is 2.65. The van der Waals surface area contributed by atoms with Gasteiger partial charge in [-0.15, -0.1) is 0 Å². The van der Waals surface area contributed by atoms with E-state index < -0.39 is 17.7 Å². The van der Waals surface area contributed by atoms with Crippen LogP contribution in [0, 0.1) is 11.6 Å². The van der Waals surface area contributed by atoms with E-state index in [1.165, 1.54) is 0 Å². The van der Waals surface area contributed by atoms with E-state index in [0.717, 1.165) is 12.1 Å². The second kappa shape index (κ2) is 2.60. The fourth-order valence-corrected chi connectivity index (χ4v) is 1.47. The van der Waals surface area contributed by atoms with E-state index in [2.05, 4.69) is 0 Å². The molecule has 1 N–H and O–H groups in total. The number of carbonyl (C=O) groups is 1. The van der Waals surface area contributed by atoms with Gasteiger partial charge in [0.1, 0.15) is 0 Å². The Morgan fingerprint density at radius 1 is 1.31 bits per heavy atom. The maximum atomic E-state index is 12.7. The van der Waals surface area contributed by atoms with Crippen LogP contribution in [-0.2, 0) is 0 Å². The van der Waals surface area contributed by atoms with Crippen molar-refractivity contribution < 1.29 is 18.7 Å². The quantitative estimate of drug-likeness (QED) is 0.664. The van der Waals surface area contributed by atoms with Crippen LogP contribution >= 0.6 is 0 Å². The summed E-state index contributed by atoms with van der Waals surface area (Å²) in [6, 6.07) is 1.71. The summed E-state index contributed by atoms with van der Waals surface area (Å²) in [5, 5.41) is 9.26. The molecule has 1 aliphatic rings. The Morgan fingerprint density at radius 2 is 1.92 bits per heavy atom. The molecule has 1 aromatic rings. The highest BCUT2D eigenvalue weighted by atomic mass is 19.2. The molecule has 0 aliphatic heterocycles. The van der Waals surface area contributed by atoms with E-state index >= 15 is 0 Å². The van der Waals surface area contributed by atoms with Crippen molar-refractivity contribution in [2.24, 2.45) is 0 Å². The minimum atomic E-state index is -1.05. The number of carbonyl (C=O) groups excluding carboxylic acids is 1. The Kier molecular flexibility index (Phi) is 1.66. The van der Waals surface area contributed by atoms with Crippen LogP contribution in [0.3, 0.4) is 0 Å². The van der Waals surface area contributed by atoms with Gasteiger partial charge >= 0.3 is 0 Å². The summed E-state index contributed by atoms with van der Waals surface area (Å²) >= 11 is 0. The van der Waals surface area contributed by atoms with Gasteiger partial charge in [0.05, 0.1) is 6.10 Å². The molecule has 2 nitrogen and oxygen atoms in total. The van der Waals surface area contributed by atoms with Crippen molar-refractivity contribution in [2.75, 3.05) is 0 Å². The van der Waals surface area contributed by atoms with Crippen molar-refractivity contribution in [2.45, 2.75) is 12.5 Å². The zero-order valence-electron chi connectivity index (χ0n) is 6.55. The third-order valence-corrected chi connectivity index (χ3v) is 2.13. The summed E-state index contributed by atoms with van der Waals surface area (Å²) in [6.07, 6.45) is -1.07. The van der Waals surface area contributed by atoms with Crippen LogP contribution in [0.2, 0.25) is 0 Å². The molecule has 0 fully saturated rings. The van der Waals surface area contributed by atoms with Gasteiger partial charge in [-0.2, -0.15) is 0 Å². The molecule has 0 amide bonds. The standard InChI is InChI=1S/C9H6F2O2/c10-6-1-4-5(2-7(6)11)9(13)3-8(4)12/h1-2,8,12H,3H2. The molecule has 2 rings (SSSR count). The molecule has 4 heteroatoms. The van der Waals surface area contributed by atoms with Gasteiger partial charge < -0.3 is 5.11 Å². The number of hydrogen-bond donors (Lipinski definition) is 1. The molecule has 0 saturated heterocycles. The van der Waals surface area contributed by atoms with E-state index in [9.17, 15) is 18.7 Å². The van der Waals surface area contributed by atoms with Gasteiger partial charge in [-0.1, -0.05) is 0 Å². The Morgan fingerprint density at radius 3 is 2.62 bits per heavy atom. The Hall–Kier alpha value is -1.29. The van der Waals surface area contributed by atoms with E-state index in [-0.39, 0.29) is 23.3 Å². The highest BCUT2D eigenvalue weighted by Gasteiger charge is 2.29. The number of fused-ring (bicyclic) bond motifs is 1. The van der Waals surface area contributed by atoms with E-state index in [4.69, 9.17) is 0 Å². The fourth-order valence-electron chi connectivity index (χ4n) is 1.47. The van der Waals surface area contributed by atoms with Crippen molar-refractivity contribution >= 4 is 5.78 Å². The molecule has 1 atom stereocenters. The molecule has 0 aromatic heterocycles. The van der Waals surface area contributed by atoms with Gasteiger partial charge in [0.25, 0.3) is 0 Å². The lowest BCUT2D eigenvalue weighted by Gasteiger charge is -2.02. The molecular weight excluding hydrogens is 178 g/mol. The molecule has 1 aliphatic carbocycles. The lowest BCUT2D eigenvalue weighted by molar-refractivity contribution is 0.0930. The van der Waals surface area contributed by atoms with Crippen LogP contribution in [0.5, 0.6) is 0 Å². The first kappa shape index (κ1) is 8.31. The molecule has 0 bridgehead atoms. The second-order valence-electron chi connectivity index (χ2n) is 3.00. The number of aliphatic hydroxyl groups excluding tert-OH is 1. The minimum Gasteiger partial charge on any atom is -0.388 e. The zero-order valence-corrected chi connectivity index (χ0v) is 6.55. The van der Waals surface area contributed by atoms with Gasteiger partial charge in [-0.3, -0.25) is 4.79 Å². The first-order valence-corrected chi connectivity index (χ1v) is 3.80. The predicted octanol–water partition coefficient (Wildman–Crippen LogP) is 1.58. The Labute approximate surface area is 72.8 Å². The topological polar surface area (TPSA) is 37.3 Å². The molecular formula is C9H6F2O2. The van der Waals surface area contributed by atoms with E-state index in [1.54, 1.807) is 0 Å². The van der Waals surface area contributed by atoms with Gasteiger partial charge in [-0.05, 0) is 17.7 Å². The van der Waals surface area contributed by atoms with E-state index in [1.807, 2.05) is 0 Å². The molecule has 1 aromatic carbocycles. The normalized spacial score (nSPS) is 20.5. The molecule has 13 heavy (non-hydrogen) atoms. The number of aliphatic hydroxyl groups is 1. The van der Waals surface area contributed by atoms with Crippen molar-refractivity contribution in [3.8, 4) is 0 Å². The zero-order chi connectivity index (χ0) is 9.59. The third kappa shape index (κ3) is 1.14. The molecule has 0 heterocycles. The maximum Gasteiger partial charge on any atom is 0.166 e. The first-order chi connectivity index (χ1) is 6.09. The first-order valence-electron chi connectivity index (χ1n) is 3.80. The lowest BCUT2D eigenvalue weighted by atomic mass is 10.1. The SMILES string of the molecule is O=C1CC(O)c2cc(F)c(F)cc21. The fraction of sp³-hybridized carbons (Fsp3) is 0.222. The largest absolute Gasteiger partial charge is 0.388 e. The number of ketones is 1. The monoisotopic (exact) mass is 184 g/mol. The molecule has 0 saturated carbocycles. The van der Waals surface area contributed by atoms with Crippen molar-refractivity contribution in [1.29, 1.82) is 0 Å². The highest BCUT2D eigenvalue weighted by Crippen LogP contribution is 2.32. The van der Waals surface area contributed by atoms with Crippen LogP contribution in [0.15, 0.2) is 12.1 Å². The van der Waals surface area contributed by atoms with Crippen LogP contribution < -0.4 is 0 Å². The van der Waals surface area contributed by atoms with Crippen LogP contribution in [-0.4, -0.2) is 10.9 Å². The summed E-state index contributed by atoms with van der Waals surface area (Å²) in [4.78, 5) is 11.1. The van der Waals surface area contributed by atoms with Crippen LogP contribution in [0.25, 0.3) is 0 Å². The summed E-state index contributed by atoms with van der Waals surface area (Å²) in [5.74, 6) is -2.44. The second-order valence-corrected chi connectivity index (χ2v) is 3.00. The maximum absolute atomic E-state index is 12.7. The average molecular weight is 184 g/mol. The van der Waals surface area contributed by atoms with Gasteiger partial charge in [0.2, 0.25) is 0 Å². The summed E-state index contributed by atoms with van der Waals surface area (Å²) in [6.45, 7) is 0. The van der Waals surface area contributed by atoms with Gasteiger partial charge in [0, 0.05) is 12.0 Å². The number of rotatable bonds is 0. The van der Waals surface area contributed by atoms with E-state index in [0.29, 0.717) is 0 Å². The molecule has 1 unspecified atom stereocenters. The van der Waals surface area contributed by atoms with Crippen molar-refractivity contribution in [3.05, 3.63) is 34.9 Å². The van der Waals surface area contributed by atoms with Gasteiger partial charge in [0.15, 0.2) is 17.4 Å². The highest BCUT2D eigenvalue weighted by molar-refractivity contribution is 6.00.